The highest BCUT2D eigenvalue weighted by Gasteiger charge is 2.29. The topological polar surface area (TPSA) is 102 Å². The molecule has 1 aliphatic heterocycles. The predicted molar refractivity (Wildman–Crippen MR) is 138 cm³/mol. The summed E-state index contributed by atoms with van der Waals surface area (Å²) >= 11 is 7.56. The van der Waals surface area contributed by atoms with Gasteiger partial charge in [-0.2, -0.15) is 0 Å². The maximum Gasteiger partial charge on any atom is 0.309 e. The van der Waals surface area contributed by atoms with E-state index in [1.807, 2.05) is 30.3 Å². The quantitative estimate of drug-likeness (QED) is 0.341. The molecule has 3 N–H and O–H groups in total. The van der Waals surface area contributed by atoms with E-state index >= 15 is 0 Å². The lowest BCUT2D eigenvalue weighted by molar-refractivity contribution is -0.150. The van der Waals surface area contributed by atoms with Crippen LogP contribution in [0.15, 0.2) is 60.7 Å². The van der Waals surface area contributed by atoms with Crippen LogP contribution in [-0.4, -0.2) is 37.3 Å². The highest BCUT2D eigenvalue weighted by molar-refractivity contribution is 7.20. The van der Waals surface area contributed by atoms with E-state index in [2.05, 4.69) is 10.2 Å². The average Bonchev–Trinajstić information content (AvgIpc) is 3.31. The number of thiophene rings is 1. The molecule has 0 spiro atoms. The van der Waals surface area contributed by atoms with Crippen LogP contribution in [0, 0.1) is 5.92 Å². The molecule has 0 aliphatic carbocycles. The number of amides is 1. The van der Waals surface area contributed by atoms with E-state index in [0.29, 0.717) is 47.1 Å². The largest absolute Gasteiger partial charge is 0.461 e. The first-order valence-corrected chi connectivity index (χ1v) is 12.5. The first-order chi connectivity index (χ1) is 17.0. The van der Waals surface area contributed by atoms with Gasteiger partial charge in [-0.1, -0.05) is 65.4 Å². The van der Waals surface area contributed by atoms with Crippen LogP contribution < -0.4 is 16.0 Å². The van der Waals surface area contributed by atoms with Crippen molar-refractivity contribution in [3.63, 3.8) is 0 Å². The van der Waals surface area contributed by atoms with Crippen molar-refractivity contribution in [2.75, 3.05) is 29.9 Å². The van der Waals surface area contributed by atoms with Crippen molar-refractivity contribution in [3.8, 4) is 0 Å². The minimum absolute atomic E-state index is 0.171. The summed E-state index contributed by atoms with van der Waals surface area (Å²) in [5.74, 6) is -1.02. The number of ketones is 1. The van der Waals surface area contributed by atoms with Gasteiger partial charge in [-0.05, 0) is 36.6 Å². The van der Waals surface area contributed by atoms with Crippen LogP contribution in [0.2, 0.25) is 5.02 Å². The molecule has 1 amide bonds. The molecule has 0 radical (unpaired) electrons. The third kappa shape index (κ3) is 6.08. The van der Waals surface area contributed by atoms with E-state index in [9.17, 15) is 14.4 Å². The second kappa shape index (κ2) is 11.5. The summed E-state index contributed by atoms with van der Waals surface area (Å²) in [5.41, 5.74) is 7.15. The van der Waals surface area contributed by atoms with Crippen molar-refractivity contribution in [1.29, 1.82) is 0 Å². The van der Waals surface area contributed by atoms with Gasteiger partial charge in [0.1, 0.15) is 11.6 Å². The van der Waals surface area contributed by atoms with Crippen molar-refractivity contribution >= 4 is 50.6 Å². The van der Waals surface area contributed by atoms with Crippen molar-refractivity contribution in [2.45, 2.75) is 19.4 Å². The van der Waals surface area contributed by atoms with E-state index < -0.39 is 0 Å². The summed E-state index contributed by atoms with van der Waals surface area (Å²) in [6, 6.07) is 18.2. The van der Waals surface area contributed by atoms with E-state index in [1.54, 1.807) is 30.3 Å². The molecule has 4 rings (SSSR count). The molecule has 2 aromatic carbocycles. The van der Waals surface area contributed by atoms with Crippen LogP contribution in [0.1, 0.15) is 34.3 Å². The lowest BCUT2D eigenvalue weighted by Crippen LogP contribution is -2.36. The lowest BCUT2D eigenvalue weighted by atomic mass is 9.97. The van der Waals surface area contributed by atoms with Crippen LogP contribution in [0.25, 0.3) is 0 Å². The number of ether oxygens (including phenoxy) is 1. The van der Waals surface area contributed by atoms with Gasteiger partial charge in [0.15, 0.2) is 5.78 Å². The number of carbonyl (C=O) groups is 3. The molecule has 3 aromatic rings. The Labute approximate surface area is 212 Å². The zero-order valence-corrected chi connectivity index (χ0v) is 20.6. The molecule has 0 bridgehead atoms. The second-order valence-electron chi connectivity index (χ2n) is 8.24. The van der Waals surface area contributed by atoms with Crippen LogP contribution in [0.4, 0.5) is 10.0 Å². The Hall–Kier alpha value is -3.20. The summed E-state index contributed by atoms with van der Waals surface area (Å²) < 4.78 is 5.51. The standard InChI is InChI=1S/C26H26ClN3O4S/c27-21-9-5-4-8-19(21)24(32)20-14-23(35-25(20)29-22(31)15-28)30-12-10-18(11-13-30)26(33)34-16-17-6-2-1-3-7-17/h1-9,14,18H,10-13,15-16,28H2,(H,29,31). The molecule has 35 heavy (non-hydrogen) atoms. The SMILES string of the molecule is NCC(=O)Nc1sc(N2CCC(C(=O)OCc3ccccc3)CC2)cc1C(=O)c1ccccc1Cl. The molecule has 2 heterocycles. The maximum atomic E-state index is 13.2. The molecular weight excluding hydrogens is 486 g/mol. The van der Waals surface area contributed by atoms with Crippen LogP contribution >= 0.6 is 22.9 Å². The fourth-order valence-corrected chi connectivity index (χ4v) is 5.29. The number of nitrogens with two attached hydrogens (primary N) is 1. The predicted octanol–water partition coefficient (Wildman–Crippen LogP) is 4.49. The Bertz CT molecular complexity index is 1210. The number of hydrogen-bond acceptors (Lipinski definition) is 7. The number of piperidine rings is 1. The molecule has 0 atom stereocenters. The number of benzene rings is 2. The third-order valence-electron chi connectivity index (χ3n) is 5.88. The average molecular weight is 512 g/mol. The third-order valence-corrected chi connectivity index (χ3v) is 7.33. The summed E-state index contributed by atoms with van der Waals surface area (Å²) in [6.45, 7) is 1.34. The number of rotatable bonds is 8. The van der Waals surface area contributed by atoms with Crippen molar-refractivity contribution in [1.82, 2.24) is 0 Å². The molecule has 0 saturated carbocycles. The number of hydrogen-bond donors (Lipinski definition) is 2. The highest BCUT2D eigenvalue weighted by Crippen LogP contribution is 2.38. The van der Waals surface area contributed by atoms with Crippen molar-refractivity contribution in [2.24, 2.45) is 11.7 Å². The summed E-state index contributed by atoms with van der Waals surface area (Å²) in [5, 5.41) is 4.35. The van der Waals surface area contributed by atoms with Gasteiger partial charge in [-0.3, -0.25) is 14.4 Å². The van der Waals surface area contributed by atoms with Gasteiger partial charge >= 0.3 is 5.97 Å². The molecule has 1 fully saturated rings. The van der Waals surface area contributed by atoms with Gasteiger partial charge < -0.3 is 20.7 Å². The molecule has 1 aromatic heterocycles. The van der Waals surface area contributed by atoms with Gasteiger partial charge in [-0.15, -0.1) is 0 Å². The van der Waals surface area contributed by atoms with Crippen molar-refractivity contribution in [3.05, 3.63) is 82.4 Å². The Morgan fingerprint density at radius 2 is 1.71 bits per heavy atom. The number of anilines is 2. The van der Waals surface area contributed by atoms with E-state index in [-0.39, 0.29) is 36.7 Å². The minimum Gasteiger partial charge on any atom is -0.461 e. The van der Waals surface area contributed by atoms with Gasteiger partial charge in [0.2, 0.25) is 5.91 Å². The van der Waals surface area contributed by atoms with Gasteiger partial charge in [-0.25, -0.2) is 0 Å². The van der Waals surface area contributed by atoms with Gasteiger partial charge in [0, 0.05) is 18.7 Å². The Balaban J connectivity index is 1.45. The van der Waals surface area contributed by atoms with Crippen LogP contribution in [0.3, 0.4) is 0 Å². The lowest BCUT2D eigenvalue weighted by Gasteiger charge is -2.31. The second-order valence-corrected chi connectivity index (χ2v) is 9.68. The number of halogens is 1. The van der Waals surface area contributed by atoms with Gasteiger partial charge in [0.05, 0.1) is 28.0 Å². The number of esters is 1. The maximum absolute atomic E-state index is 13.2. The first kappa shape index (κ1) is 24.9. The summed E-state index contributed by atoms with van der Waals surface area (Å²) in [7, 11) is 0. The van der Waals surface area contributed by atoms with Crippen molar-refractivity contribution < 1.29 is 19.1 Å². The van der Waals surface area contributed by atoms with Crippen LogP contribution in [-0.2, 0) is 20.9 Å². The molecule has 0 unspecified atom stereocenters. The molecule has 1 aliphatic rings. The van der Waals surface area contributed by atoms with Gasteiger partial charge in [0.25, 0.3) is 0 Å². The highest BCUT2D eigenvalue weighted by atomic mass is 35.5. The Morgan fingerprint density at radius 3 is 2.40 bits per heavy atom. The monoisotopic (exact) mass is 511 g/mol. The zero-order valence-electron chi connectivity index (χ0n) is 19.0. The smallest absolute Gasteiger partial charge is 0.309 e. The fourth-order valence-electron chi connectivity index (χ4n) is 3.95. The number of nitrogens with zero attached hydrogens (tertiary/aromatic N) is 1. The molecule has 7 nitrogen and oxygen atoms in total. The number of nitrogens with one attached hydrogen (secondary N) is 1. The molecule has 182 valence electrons. The molecule has 1 saturated heterocycles. The summed E-state index contributed by atoms with van der Waals surface area (Å²) in [6.07, 6.45) is 1.29. The fraction of sp³-hybridized carbons (Fsp3) is 0.269. The summed E-state index contributed by atoms with van der Waals surface area (Å²) in [4.78, 5) is 39.9. The van der Waals surface area contributed by atoms with E-state index in [4.69, 9.17) is 22.1 Å². The zero-order chi connectivity index (χ0) is 24.8. The Morgan fingerprint density at radius 1 is 1.03 bits per heavy atom. The minimum atomic E-state index is -0.383. The molecule has 9 heteroatoms. The van der Waals surface area contributed by atoms with E-state index in [0.717, 1.165) is 10.6 Å². The van der Waals surface area contributed by atoms with Crippen LogP contribution in [0.5, 0.6) is 0 Å². The normalized spacial score (nSPS) is 13.9. The molecular formula is C26H26ClN3O4S. The van der Waals surface area contributed by atoms with E-state index in [1.165, 1.54) is 11.3 Å². The number of carbonyl (C=O) groups excluding carboxylic acids is 3. The first-order valence-electron chi connectivity index (χ1n) is 11.3. The Kier molecular flexibility index (Phi) is 8.17.